The van der Waals surface area contributed by atoms with Gasteiger partial charge < -0.3 is 14.8 Å². The molecule has 2 atom stereocenters. The maximum atomic E-state index is 12.9. The van der Waals surface area contributed by atoms with Gasteiger partial charge in [-0.2, -0.15) is 0 Å². The van der Waals surface area contributed by atoms with Gasteiger partial charge >= 0.3 is 0 Å². The van der Waals surface area contributed by atoms with Crippen molar-refractivity contribution in [2.24, 2.45) is 0 Å². The second-order valence-corrected chi connectivity index (χ2v) is 9.59. The van der Waals surface area contributed by atoms with E-state index in [1.165, 1.54) is 18.2 Å². The molecule has 1 amide bonds. The van der Waals surface area contributed by atoms with E-state index in [9.17, 15) is 13.2 Å². The molecule has 30 heavy (non-hydrogen) atoms. The molecule has 0 bridgehead atoms. The minimum atomic E-state index is -3.79. The number of hydrogen-bond acceptors (Lipinski definition) is 5. The number of rotatable bonds is 7. The smallest absolute Gasteiger partial charge is 0.244 e. The van der Waals surface area contributed by atoms with Crippen LogP contribution in [0.3, 0.4) is 0 Å². The number of hydrogen-bond donors (Lipinski definition) is 1. The fraction of sp³-hybridized carbons (Fsp3) is 0.350. The van der Waals surface area contributed by atoms with Gasteiger partial charge in [-0.25, -0.2) is 8.42 Å². The summed E-state index contributed by atoms with van der Waals surface area (Å²) in [5, 5.41) is 3.31. The quantitative estimate of drug-likeness (QED) is 0.666. The molecule has 0 saturated heterocycles. The minimum absolute atomic E-state index is 0.164. The van der Waals surface area contributed by atoms with Gasteiger partial charge in [-0.05, 0) is 36.8 Å². The number of anilines is 1. The largest absolute Gasteiger partial charge is 0.486 e. The summed E-state index contributed by atoms with van der Waals surface area (Å²) in [5.74, 6) is 0.787. The van der Waals surface area contributed by atoms with Crippen molar-refractivity contribution in [2.45, 2.75) is 25.5 Å². The third-order valence-corrected chi connectivity index (χ3v) is 6.12. The van der Waals surface area contributed by atoms with Gasteiger partial charge in [0, 0.05) is 10.0 Å². The highest BCUT2D eigenvalue weighted by Gasteiger charge is 2.32. The monoisotopic (exact) mass is 472 g/mol. The average molecular weight is 473 g/mol. The van der Waals surface area contributed by atoms with Crippen molar-refractivity contribution < 1.29 is 22.7 Å². The van der Waals surface area contributed by atoms with Crippen LogP contribution >= 0.6 is 23.2 Å². The zero-order valence-corrected chi connectivity index (χ0v) is 18.8. The molecule has 1 aliphatic heterocycles. The summed E-state index contributed by atoms with van der Waals surface area (Å²) in [6.45, 7) is 2.16. The molecule has 7 nitrogen and oxygen atoms in total. The molecule has 1 aliphatic rings. The van der Waals surface area contributed by atoms with Crippen LogP contribution in [0.2, 0.25) is 10.0 Å². The number of nitrogens with zero attached hydrogens (tertiary/aromatic N) is 1. The van der Waals surface area contributed by atoms with Gasteiger partial charge in [0.05, 0.1) is 18.5 Å². The third kappa shape index (κ3) is 5.30. The number of benzene rings is 2. The standard InChI is InChI=1S/C20H22Cl2N2O5S/c1-3-17(24(30(2,26)27)15-9-13(21)8-14(22)10-15)20(25)23-11-16-12-28-18-6-4-5-7-19(18)29-16/h4-10,16-17H,3,11-12H2,1-2H3,(H,23,25)/t16-,17-/m0/s1. The molecule has 1 N–H and O–H groups in total. The van der Waals surface area contributed by atoms with E-state index in [1.54, 1.807) is 19.1 Å². The number of nitrogens with one attached hydrogen (secondary N) is 1. The van der Waals surface area contributed by atoms with Gasteiger partial charge in [0.1, 0.15) is 18.8 Å². The zero-order chi connectivity index (χ0) is 21.9. The first-order chi connectivity index (χ1) is 14.2. The normalized spacial score (nSPS) is 16.6. The van der Waals surface area contributed by atoms with Crippen molar-refractivity contribution in [1.82, 2.24) is 5.32 Å². The lowest BCUT2D eigenvalue weighted by Gasteiger charge is -2.31. The molecule has 0 aliphatic carbocycles. The van der Waals surface area contributed by atoms with Crippen LogP contribution in [0.1, 0.15) is 13.3 Å². The number of amides is 1. The fourth-order valence-electron chi connectivity index (χ4n) is 3.22. The van der Waals surface area contributed by atoms with Crippen molar-refractivity contribution in [3.05, 3.63) is 52.5 Å². The van der Waals surface area contributed by atoms with E-state index in [-0.39, 0.29) is 35.3 Å². The van der Waals surface area contributed by atoms with Crippen molar-refractivity contribution in [1.29, 1.82) is 0 Å². The van der Waals surface area contributed by atoms with Crippen LogP contribution in [0.5, 0.6) is 11.5 Å². The maximum Gasteiger partial charge on any atom is 0.244 e. The number of carbonyl (C=O) groups is 1. The summed E-state index contributed by atoms with van der Waals surface area (Å²) in [4.78, 5) is 12.9. The van der Waals surface area contributed by atoms with Gasteiger partial charge in [-0.1, -0.05) is 42.3 Å². The first kappa shape index (κ1) is 22.5. The molecule has 2 aromatic carbocycles. The molecule has 10 heteroatoms. The number of sulfonamides is 1. The average Bonchev–Trinajstić information content (AvgIpc) is 2.68. The van der Waals surface area contributed by atoms with E-state index in [0.717, 1.165) is 10.6 Å². The number of ether oxygens (including phenoxy) is 2. The van der Waals surface area contributed by atoms with E-state index >= 15 is 0 Å². The summed E-state index contributed by atoms with van der Waals surface area (Å²) in [6.07, 6.45) is 0.884. The molecule has 0 fully saturated rings. The first-order valence-electron chi connectivity index (χ1n) is 9.30. The predicted octanol–water partition coefficient (Wildman–Crippen LogP) is 3.49. The van der Waals surface area contributed by atoms with Crippen LogP contribution in [-0.2, 0) is 14.8 Å². The molecule has 0 radical (unpaired) electrons. The summed E-state index contributed by atoms with van der Waals surface area (Å²) in [6, 6.07) is 10.7. The Morgan fingerprint density at radius 1 is 1.20 bits per heavy atom. The Morgan fingerprint density at radius 2 is 1.83 bits per heavy atom. The summed E-state index contributed by atoms with van der Waals surface area (Å²) in [5.41, 5.74) is 0.225. The number of para-hydroxylation sites is 2. The van der Waals surface area contributed by atoms with Gasteiger partial charge in [-0.15, -0.1) is 0 Å². The summed E-state index contributed by atoms with van der Waals surface area (Å²) < 4.78 is 37.5. The molecule has 0 unspecified atom stereocenters. The van der Waals surface area contributed by atoms with E-state index in [0.29, 0.717) is 11.5 Å². The van der Waals surface area contributed by atoms with E-state index in [2.05, 4.69) is 5.32 Å². The zero-order valence-electron chi connectivity index (χ0n) is 16.5. The van der Waals surface area contributed by atoms with Gasteiger partial charge in [0.15, 0.2) is 11.5 Å². The Balaban J connectivity index is 1.75. The van der Waals surface area contributed by atoms with E-state index in [1.807, 2.05) is 12.1 Å². The molecule has 0 spiro atoms. The lowest BCUT2D eigenvalue weighted by Crippen LogP contribution is -2.51. The topological polar surface area (TPSA) is 84.9 Å². The molecule has 1 heterocycles. The van der Waals surface area contributed by atoms with Gasteiger partial charge in [-0.3, -0.25) is 9.10 Å². The Bertz CT molecular complexity index is 1010. The second-order valence-electron chi connectivity index (χ2n) is 6.85. The molecular formula is C20H22Cl2N2O5S. The first-order valence-corrected chi connectivity index (χ1v) is 11.9. The van der Waals surface area contributed by atoms with Crippen LogP contribution in [-0.4, -0.2) is 45.9 Å². The summed E-state index contributed by atoms with van der Waals surface area (Å²) in [7, 11) is -3.79. The van der Waals surface area contributed by atoms with Crippen LogP contribution in [0, 0.1) is 0 Å². The molecule has 162 valence electrons. The second kappa shape index (κ2) is 9.32. The SMILES string of the molecule is CC[C@@H](C(=O)NC[C@H]1COc2ccccc2O1)N(c1cc(Cl)cc(Cl)c1)S(C)(=O)=O. The molecule has 0 saturated carbocycles. The van der Waals surface area contributed by atoms with Gasteiger partial charge in [0.25, 0.3) is 0 Å². The van der Waals surface area contributed by atoms with Crippen LogP contribution < -0.4 is 19.1 Å². The van der Waals surface area contributed by atoms with Crippen molar-refractivity contribution >= 4 is 44.8 Å². The van der Waals surface area contributed by atoms with E-state index < -0.39 is 28.1 Å². The van der Waals surface area contributed by atoms with E-state index in [4.69, 9.17) is 32.7 Å². The third-order valence-electron chi connectivity index (χ3n) is 4.50. The Kier molecular flexibility index (Phi) is 7.00. The highest BCUT2D eigenvalue weighted by atomic mass is 35.5. The lowest BCUT2D eigenvalue weighted by molar-refractivity contribution is -0.122. The number of halogens is 2. The van der Waals surface area contributed by atoms with Crippen LogP contribution in [0.15, 0.2) is 42.5 Å². The maximum absolute atomic E-state index is 12.9. The Morgan fingerprint density at radius 3 is 2.43 bits per heavy atom. The highest BCUT2D eigenvalue weighted by molar-refractivity contribution is 7.92. The molecule has 2 aromatic rings. The molecule has 3 rings (SSSR count). The Hall–Kier alpha value is -2.16. The van der Waals surface area contributed by atoms with Crippen molar-refractivity contribution in [3.8, 4) is 11.5 Å². The van der Waals surface area contributed by atoms with Crippen LogP contribution in [0.4, 0.5) is 5.69 Å². The number of carbonyl (C=O) groups excluding carboxylic acids is 1. The number of fused-ring (bicyclic) bond motifs is 1. The van der Waals surface area contributed by atoms with Crippen molar-refractivity contribution in [3.63, 3.8) is 0 Å². The molecule has 0 aromatic heterocycles. The fourth-order valence-corrected chi connectivity index (χ4v) is 4.93. The predicted molar refractivity (Wildman–Crippen MR) is 117 cm³/mol. The highest BCUT2D eigenvalue weighted by Crippen LogP contribution is 2.31. The Labute approximate surface area is 185 Å². The molecular weight excluding hydrogens is 451 g/mol. The lowest BCUT2D eigenvalue weighted by atomic mass is 10.2. The van der Waals surface area contributed by atoms with Crippen LogP contribution in [0.25, 0.3) is 0 Å². The van der Waals surface area contributed by atoms with Crippen molar-refractivity contribution in [2.75, 3.05) is 23.7 Å². The van der Waals surface area contributed by atoms with Gasteiger partial charge in [0.2, 0.25) is 15.9 Å². The summed E-state index contributed by atoms with van der Waals surface area (Å²) >= 11 is 12.1. The minimum Gasteiger partial charge on any atom is -0.486 e.